The van der Waals surface area contributed by atoms with Crippen molar-refractivity contribution in [3.05, 3.63) is 69.9 Å². The van der Waals surface area contributed by atoms with Gasteiger partial charge in [-0.05, 0) is 24.8 Å². The summed E-state index contributed by atoms with van der Waals surface area (Å²) < 4.78 is 1.71. The molecule has 11 heteroatoms. The van der Waals surface area contributed by atoms with E-state index in [0.29, 0.717) is 24.9 Å². The van der Waals surface area contributed by atoms with Gasteiger partial charge in [-0.2, -0.15) is 18.6 Å². The molecule has 1 atom stereocenters. The van der Waals surface area contributed by atoms with Crippen molar-refractivity contribution in [1.29, 1.82) is 0 Å². The molecule has 172 valence electrons. The number of nitro groups is 1. The zero-order chi connectivity index (χ0) is 22.2. The monoisotopic (exact) mass is 467 g/mol. The summed E-state index contributed by atoms with van der Waals surface area (Å²) in [6, 6.07) is 6.58. The van der Waals surface area contributed by atoms with E-state index in [9.17, 15) is 14.9 Å². The highest BCUT2D eigenvalue weighted by atomic mass is 32.1. The SMILES string of the molecule is CN1C(=O)[C@@H]2CCCN2c2nc(CCc3cnn(Cc4ccccc4[N+](=O)[O-])c3)ncc21.S. The van der Waals surface area contributed by atoms with Gasteiger partial charge in [-0.25, -0.2) is 9.97 Å². The van der Waals surface area contributed by atoms with E-state index in [1.165, 1.54) is 6.07 Å². The van der Waals surface area contributed by atoms with E-state index in [1.807, 2.05) is 6.20 Å². The van der Waals surface area contributed by atoms with Crippen molar-refractivity contribution in [3.8, 4) is 0 Å². The van der Waals surface area contributed by atoms with Gasteiger partial charge in [-0.15, -0.1) is 0 Å². The van der Waals surface area contributed by atoms with Crippen LogP contribution in [0.2, 0.25) is 0 Å². The predicted octanol–water partition coefficient (Wildman–Crippen LogP) is 2.47. The van der Waals surface area contributed by atoms with Gasteiger partial charge in [-0.1, -0.05) is 18.2 Å². The van der Waals surface area contributed by atoms with Gasteiger partial charge in [-0.3, -0.25) is 19.6 Å². The number of aryl methyl sites for hydroxylation is 2. The minimum atomic E-state index is -0.372. The largest absolute Gasteiger partial charge is 0.343 e. The number of hydrogen-bond donors (Lipinski definition) is 0. The normalized spacial score (nSPS) is 16.9. The molecule has 33 heavy (non-hydrogen) atoms. The lowest BCUT2D eigenvalue weighted by Gasteiger charge is -2.36. The lowest BCUT2D eigenvalue weighted by molar-refractivity contribution is -0.385. The molecule has 1 aromatic carbocycles. The van der Waals surface area contributed by atoms with Crippen LogP contribution >= 0.6 is 13.5 Å². The quantitative estimate of drug-likeness (QED) is 0.404. The van der Waals surface area contributed by atoms with Gasteiger partial charge >= 0.3 is 0 Å². The van der Waals surface area contributed by atoms with E-state index in [0.717, 1.165) is 42.3 Å². The Balaban J connectivity index is 0.00000259. The van der Waals surface area contributed by atoms with Crippen molar-refractivity contribution < 1.29 is 9.72 Å². The van der Waals surface area contributed by atoms with Crippen LogP contribution in [-0.2, 0) is 24.2 Å². The van der Waals surface area contributed by atoms with E-state index >= 15 is 0 Å². The minimum Gasteiger partial charge on any atom is -0.343 e. The molecule has 0 spiro atoms. The second-order valence-electron chi connectivity index (χ2n) is 8.18. The first-order valence-corrected chi connectivity index (χ1v) is 10.6. The predicted molar refractivity (Wildman–Crippen MR) is 128 cm³/mol. The van der Waals surface area contributed by atoms with Crippen molar-refractivity contribution in [2.75, 3.05) is 23.4 Å². The molecular weight excluding hydrogens is 442 g/mol. The van der Waals surface area contributed by atoms with Gasteiger partial charge in [0.1, 0.15) is 17.6 Å². The molecule has 0 bridgehead atoms. The Morgan fingerprint density at radius 2 is 2.03 bits per heavy atom. The van der Waals surface area contributed by atoms with Crippen LogP contribution in [0, 0.1) is 10.1 Å². The maximum atomic E-state index is 12.5. The van der Waals surface area contributed by atoms with E-state index in [2.05, 4.69) is 15.0 Å². The van der Waals surface area contributed by atoms with E-state index in [1.54, 1.807) is 47.2 Å². The number of anilines is 2. The molecule has 0 unspecified atom stereocenters. The molecule has 5 rings (SSSR count). The van der Waals surface area contributed by atoms with Gasteiger partial charge in [0.15, 0.2) is 5.82 Å². The number of para-hydroxylation sites is 1. The number of benzene rings is 1. The number of carbonyl (C=O) groups excluding carboxylic acids is 1. The van der Waals surface area contributed by atoms with E-state index < -0.39 is 0 Å². The standard InChI is InChI=1S/C22H23N7O3.H2S/c1-26-19-12-23-20(25-21(19)28-10-4-7-18(28)22(26)30)9-8-15-11-24-27(13-15)14-16-5-2-3-6-17(16)29(31)32;/h2-3,5-6,11-13,18H,4,7-10,14H2,1H3;1H2/t18-;/m0./s1. The van der Waals surface area contributed by atoms with Gasteiger partial charge in [0, 0.05) is 32.3 Å². The molecule has 1 amide bonds. The minimum absolute atomic E-state index is 0. The Labute approximate surface area is 197 Å². The summed E-state index contributed by atoms with van der Waals surface area (Å²) in [7, 11) is 1.78. The summed E-state index contributed by atoms with van der Waals surface area (Å²) in [6.45, 7) is 1.18. The lowest BCUT2D eigenvalue weighted by atomic mass is 10.1. The molecule has 0 radical (unpaired) electrons. The zero-order valence-corrected chi connectivity index (χ0v) is 19.2. The van der Waals surface area contributed by atoms with E-state index in [4.69, 9.17) is 4.98 Å². The first-order chi connectivity index (χ1) is 15.5. The molecule has 0 aliphatic carbocycles. The number of aromatic nitrogens is 4. The Bertz CT molecular complexity index is 1200. The second-order valence-corrected chi connectivity index (χ2v) is 8.18. The average Bonchev–Trinajstić information content (AvgIpc) is 3.46. The number of nitrogens with zero attached hydrogens (tertiary/aromatic N) is 7. The molecule has 1 saturated heterocycles. The Morgan fingerprint density at radius 1 is 1.21 bits per heavy atom. The topological polar surface area (TPSA) is 110 Å². The van der Waals surface area contributed by atoms with Crippen LogP contribution < -0.4 is 9.80 Å². The van der Waals surface area contributed by atoms with Gasteiger partial charge < -0.3 is 9.80 Å². The Kier molecular flexibility index (Phi) is 6.32. The summed E-state index contributed by atoms with van der Waals surface area (Å²) in [5, 5.41) is 15.6. The van der Waals surface area contributed by atoms with Crippen LogP contribution in [0.5, 0.6) is 0 Å². The van der Waals surface area contributed by atoms with Crippen molar-refractivity contribution >= 4 is 36.6 Å². The molecule has 10 nitrogen and oxygen atoms in total. The fourth-order valence-electron chi connectivity index (χ4n) is 4.46. The molecule has 3 aromatic rings. The number of rotatable bonds is 6. The van der Waals surface area contributed by atoms with Crippen LogP contribution in [0.3, 0.4) is 0 Å². The maximum absolute atomic E-state index is 12.5. The smallest absolute Gasteiger partial charge is 0.274 e. The average molecular weight is 468 g/mol. The molecule has 2 aliphatic heterocycles. The molecule has 4 heterocycles. The number of nitro benzene ring substituents is 1. The molecule has 1 fully saturated rings. The van der Waals surface area contributed by atoms with Crippen molar-refractivity contribution in [2.24, 2.45) is 0 Å². The maximum Gasteiger partial charge on any atom is 0.274 e. The van der Waals surface area contributed by atoms with Crippen LogP contribution in [0.15, 0.2) is 42.9 Å². The van der Waals surface area contributed by atoms with Crippen LogP contribution in [0.4, 0.5) is 17.2 Å². The first-order valence-electron chi connectivity index (χ1n) is 10.6. The summed E-state index contributed by atoms with van der Waals surface area (Å²) in [4.78, 5) is 36.4. The molecule has 2 aromatic heterocycles. The third-order valence-corrected chi connectivity index (χ3v) is 6.15. The molecule has 0 saturated carbocycles. The Morgan fingerprint density at radius 3 is 2.85 bits per heavy atom. The van der Waals surface area contributed by atoms with E-state index in [-0.39, 0.29) is 36.1 Å². The number of fused-ring (bicyclic) bond motifs is 3. The number of amides is 1. The van der Waals surface area contributed by atoms with Crippen LogP contribution in [0.25, 0.3) is 0 Å². The van der Waals surface area contributed by atoms with Gasteiger partial charge in [0.05, 0.1) is 29.4 Å². The highest BCUT2D eigenvalue weighted by Gasteiger charge is 2.40. The fraction of sp³-hybridized carbons (Fsp3) is 0.364. The van der Waals surface area contributed by atoms with Gasteiger partial charge in [0.25, 0.3) is 5.69 Å². The Hall–Kier alpha value is -3.47. The lowest BCUT2D eigenvalue weighted by Crippen LogP contribution is -2.49. The number of likely N-dealkylation sites (N-methyl/N-ethyl adjacent to an activating group) is 1. The van der Waals surface area contributed by atoms with Crippen molar-refractivity contribution in [2.45, 2.75) is 38.3 Å². The summed E-state index contributed by atoms with van der Waals surface area (Å²) >= 11 is 0. The molecule has 0 N–H and O–H groups in total. The zero-order valence-electron chi connectivity index (χ0n) is 18.2. The fourth-order valence-corrected chi connectivity index (χ4v) is 4.46. The third-order valence-electron chi connectivity index (χ3n) is 6.15. The summed E-state index contributed by atoms with van der Waals surface area (Å²) in [5.41, 5.74) is 2.48. The van der Waals surface area contributed by atoms with Crippen molar-refractivity contribution in [3.63, 3.8) is 0 Å². The summed E-state index contributed by atoms with van der Waals surface area (Å²) in [6.07, 6.45) is 8.60. The first kappa shape index (κ1) is 22.7. The highest BCUT2D eigenvalue weighted by molar-refractivity contribution is 7.59. The number of carbonyl (C=O) groups is 1. The van der Waals surface area contributed by atoms with Crippen LogP contribution in [-0.4, -0.2) is 50.2 Å². The molecular formula is C22H25N7O3S. The third kappa shape index (κ3) is 4.28. The van der Waals surface area contributed by atoms with Crippen molar-refractivity contribution in [1.82, 2.24) is 19.7 Å². The van der Waals surface area contributed by atoms with Gasteiger partial charge in [0.2, 0.25) is 5.91 Å². The van der Waals surface area contributed by atoms with Crippen LogP contribution in [0.1, 0.15) is 29.8 Å². The number of hydrogen-bond acceptors (Lipinski definition) is 7. The molecule has 2 aliphatic rings. The second kappa shape index (κ2) is 9.18. The highest BCUT2D eigenvalue weighted by Crippen LogP contribution is 2.37. The summed E-state index contributed by atoms with van der Waals surface area (Å²) in [5.74, 6) is 1.67.